The lowest BCUT2D eigenvalue weighted by atomic mass is 10.3. The van der Waals surface area contributed by atoms with E-state index in [1.165, 1.54) is 22.5 Å². The fourth-order valence-corrected chi connectivity index (χ4v) is 4.88. The van der Waals surface area contributed by atoms with Gasteiger partial charge < -0.3 is 15.4 Å². The molecule has 1 aliphatic heterocycles. The fraction of sp³-hybridized carbons (Fsp3) is 0.600. The Labute approximate surface area is 189 Å². The molecule has 1 aromatic rings. The van der Waals surface area contributed by atoms with E-state index in [9.17, 15) is 18.0 Å². The van der Waals surface area contributed by atoms with Gasteiger partial charge in [-0.3, -0.25) is 14.5 Å². The summed E-state index contributed by atoms with van der Waals surface area (Å²) in [6.07, 6.45) is 2.55. The number of carbonyl (C=O) groups excluding carboxylic acids is 2. The number of nitrogens with one attached hydrogen (secondary N) is 2. The zero-order chi connectivity index (χ0) is 22.9. The summed E-state index contributed by atoms with van der Waals surface area (Å²) in [5.41, 5.74) is 0.255. The van der Waals surface area contributed by atoms with Gasteiger partial charge in [-0.2, -0.15) is 4.31 Å². The topological polar surface area (TPSA) is 108 Å². The maximum Gasteiger partial charge on any atom is 0.243 e. The number of hydrogen-bond acceptors (Lipinski definition) is 6. The lowest BCUT2D eigenvalue weighted by Gasteiger charge is -2.18. The third-order valence-electron chi connectivity index (χ3n) is 4.90. The zero-order valence-electron chi connectivity index (χ0n) is 18.0. The van der Waals surface area contributed by atoms with Crippen LogP contribution in [0.2, 0.25) is 5.02 Å². The van der Waals surface area contributed by atoms with Crippen LogP contribution < -0.4 is 10.6 Å². The molecule has 0 aliphatic carbocycles. The summed E-state index contributed by atoms with van der Waals surface area (Å²) in [4.78, 5) is 26.1. The van der Waals surface area contributed by atoms with E-state index in [1.54, 1.807) is 19.1 Å². The van der Waals surface area contributed by atoms with Gasteiger partial charge in [-0.1, -0.05) is 11.6 Å². The van der Waals surface area contributed by atoms with E-state index in [2.05, 4.69) is 10.6 Å². The van der Waals surface area contributed by atoms with E-state index >= 15 is 0 Å². The van der Waals surface area contributed by atoms with E-state index in [0.29, 0.717) is 32.8 Å². The van der Waals surface area contributed by atoms with Crippen molar-refractivity contribution in [2.45, 2.75) is 30.6 Å². The number of amides is 2. The monoisotopic (exact) mass is 474 g/mol. The minimum absolute atomic E-state index is 0.108. The van der Waals surface area contributed by atoms with Gasteiger partial charge in [0.15, 0.2) is 0 Å². The summed E-state index contributed by atoms with van der Waals surface area (Å²) in [5, 5.41) is 5.72. The van der Waals surface area contributed by atoms with E-state index in [-0.39, 0.29) is 40.4 Å². The molecule has 31 heavy (non-hydrogen) atoms. The van der Waals surface area contributed by atoms with Gasteiger partial charge in [-0.05, 0) is 44.5 Å². The van der Waals surface area contributed by atoms with Crippen LogP contribution in [-0.4, -0.2) is 82.9 Å². The molecule has 9 nitrogen and oxygen atoms in total. The molecular weight excluding hydrogens is 444 g/mol. The largest absolute Gasteiger partial charge is 0.385 e. The van der Waals surface area contributed by atoms with Crippen molar-refractivity contribution in [3.8, 4) is 0 Å². The van der Waals surface area contributed by atoms with E-state index in [0.717, 1.165) is 19.3 Å². The van der Waals surface area contributed by atoms with Gasteiger partial charge in [0.25, 0.3) is 0 Å². The maximum atomic E-state index is 12.7. The summed E-state index contributed by atoms with van der Waals surface area (Å²) < 4.78 is 31.8. The molecule has 0 atom stereocenters. The molecule has 0 spiro atoms. The van der Waals surface area contributed by atoms with Crippen LogP contribution in [0, 0.1) is 0 Å². The summed E-state index contributed by atoms with van der Waals surface area (Å²) in [6.45, 7) is 2.65. The van der Waals surface area contributed by atoms with Gasteiger partial charge in [-0.25, -0.2) is 8.42 Å². The second kappa shape index (κ2) is 12.4. The lowest BCUT2D eigenvalue weighted by Crippen LogP contribution is -2.37. The summed E-state index contributed by atoms with van der Waals surface area (Å²) in [7, 11) is -0.246. The van der Waals surface area contributed by atoms with Crippen LogP contribution in [0.4, 0.5) is 5.69 Å². The SMILES string of the molecule is COCCCNC(=O)CN(C)CCC(=O)Nc1cc(S(=O)(=O)N2CCCC2)ccc1Cl. The number of halogens is 1. The van der Waals surface area contributed by atoms with E-state index in [1.807, 2.05) is 0 Å². The lowest BCUT2D eigenvalue weighted by molar-refractivity contribution is -0.122. The van der Waals surface area contributed by atoms with Crippen molar-refractivity contribution in [2.24, 2.45) is 0 Å². The molecule has 0 unspecified atom stereocenters. The van der Waals surface area contributed by atoms with Crippen molar-refractivity contribution < 1.29 is 22.7 Å². The van der Waals surface area contributed by atoms with Gasteiger partial charge in [0.2, 0.25) is 21.8 Å². The number of nitrogens with zero attached hydrogens (tertiary/aromatic N) is 2. The second-order valence-corrected chi connectivity index (χ2v) is 9.83. The zero-order valence-corrected chi connectivity index (χ0v) is 19.6. The standard InChI is InChI=1S/C20H31ClN4O5S/c1-24(15-20(27)22-9-5-13-30-2)12-8-19(26)23-18-14-16(6-7-17(18)21)31(28,29)25-10-3-4-11-25/h6-7,14H,3-5,8-13,15H2,1-2H3,(H,22,27)(H,23,26). The van der Waals surface area contributed by atoms with Crippen LogP contribution >= 0.6 is 11.6 Å². The average molecular weight is 475 g/mol. The van der Waals surface area contributed by atoms with Crippen LogP contribution in [0.5, 0.6) is 0 Å². The highest BCUT2D eigenvalue weighted by Crippen LogP contribution is 2.28. The maximum absolute atomic E-state index is 12.7. The summed E-state index contributed by atoms with van der Waals surface area (Å²) in [6, 6.07) is 4.32. The molecule has 0 radical (unpaired) electrons. The number of hydrogen-bond donors (Lipinski definition) is 2. The molecule has 1 fully saturated rings. The molecule has 1 aliphatic rings. The van der Waals surface area contributed by atoms with Crippen molar-refractivity contribution in [3.05, 3.63) is 23.2 Å². The Morgan fingerprint density at radius 1 is 1.23 bits per heavy atom. The molecule has 1 heterocycles. The van der Waals surface area contributed by atoms with Crippen molar-refractivity contribution >= 4 is 39.1 Å². The predicted molar refractivity (Wildman–Crippen MR) is 120 cm³/mol. The van der Waals surface area contributed by atoms with Crippen molar-refractivity contribution in [3.63, 3.8) is 0 Å². The van der Waals surface area contributed by atoms with Gasteiger partial charge in [-0.15, -0.1) is 0 Å². The van der Waals surface area contributed by atoms with Crippen molar-refractivity contribution in [1.29, 1.82) is 0 Å². The van der Waals surface area contributed by atoms with Crippen molar-refractivity contribution in [2.75, 3.05) is 58.8 Å². The highest BCUT2D eigenvalue weighted by atomic mass is 35.5. The van der Waals surface area contributed by atoms with Crippen LogP contribution in [0.1, 0.15) is 25.7 Å². The predicted octanol–water partition coefficient (Wildman–Crippen LogP) is 1.54. The van der Waals surface area contributed by atoms with Gasteiger partial charge in [0.1, 0.15) is 0 Å². The number of anilines is 1. The number of rotatable bonds is 12. The van der Waals surface area contributed by atoms with Gasteiger partial charge >= 0.3 is 0 Å². The smallest absolute Gasteiger partial charge is 0.243 e. The summed E-state index contributed by atoms with van der Waals surface area (Å²) >= 11 is 6.16. The first-order valence-electron chi connectivity index (χ1n) is 10.3. The molecule has 2 rings (SSSR count). The number of ether oxygens (including phenoxy) is 1. The highest BCUT2D eigenvalue weighted by molar-refractivity contribution is 7.89. The van der Waals surface area contributed by atoms with E-state index in [4.69, 9.17) is 16.3 Å². The molecule has 0 aromatic heterocycles. The Morgan fingerprint density at radius 3 is 2.61 bits per heavy atom. The Balaban J connectivity index is 1.85. The van der Waals surface area contributed by atoms with Gasteiger partial charge in [0.05, 0.1) is 22.2 Å². The molecule has 11 heteroatoms. The van der Waals surface area contributed by atoms with Crippen LogP contribution in [-0.2, 0) is 24.3 Å². The quantitative estimate of drug-likeness (QED) is 0.445. The Morgan fingerprint density at radius 2 is 1.94 bits per heavy atom. The normalized spacial score (nSPS) is 14.7. The minimum Gasteiger partial charge on any atom is -0.385 e. The second-order valence-electron chi connectivity index (χ2n) is 7.49. The van der Waals surface area contributed by atoms with Crippen LogP contribution in [0.3, 0.4) is 0 Å². The molecule has 0 saturated carbocycles. The molecule has 174 valence electrons. The molecule has 1 saturated heterocycles. The van der Waals surface area contributed by atoms with Crippen LogP contribution in [0.15, 0.2) is 23.1 Å². The molecule has 0 bridgehead atoms. The first kappa shape index (κ1) is 25.5. The minimum atomic E-state index is -3.60. The Bertz CT molecular complexity index is 859. The number of methoxy groups -OCH3 is 1. The third kappa shape index (κ3) is 8.04. The number of benzene rings is 1. The fourth-order valence-electron chi connectivity index (χ4n) is 3.17. The Hall–Kier alpha value is -1.72. The molecule has 2 amide bonds. The molecular formula is C20H31ClN4O5S. The van der Waals surface area contributed by atoms with Crippen molar-refractivity contribution in [1.82, 2.24) is 14.5 Å². The number of likely N-dealkylation sites (N-methyl/N-ethyl adjacent to an activating group) is 1. The molecule has 1 aromatic carbocycles. The Kier molecular flexibility index (Phi) is 10.2. The van der Waals surface area contributed by atoms with E-state index < -0.39 is 10.0 Å². The first-order chi connectivity index (χ1) is 14.7. The third-order valence-corrected chi connectivity index (χ3v) is 7.12. The van der Waals surface area contributed by atoms with Gasteiger partial charge in [0, 0.05) is 46.3 Å². The number of carbonyl (C=O) groups is 2. The first-order valence-corrected chi connectivity index (χ1v) is 12.1. The molecule has 2 N–H and O–H groups in total. The average Bonchev–Trinajstić information content (AvgIpc) is 3.27. The number of sulfonamides is 1. The summed E-state index contributed by atoms with van der Waals surface area (Å²) in [5.74, 6) is -0.438. The van der Waals surface area contributed by atoms with Crippen LogP contribution in [0.25, 0.3) is 0 Å². The highest BCUT2D eigenvalue weighted by Gasteiger charge is 2.27.